The molecule has 0 aromatic carbocycles. The molecule has 0 aliphatic heterocycles. The first kappa shape index (κ1) is 10.5. The zero-order valence-electron chi connectivity index (χ0n) is 9.61. The van der Waals surface area contributed by atoms with Gasteiger partial charge >= 0.3 is 0 Å². The normalized spacial score (nSPS) is 11.2. The number of furan rings is 1. The van der Waals surface area contributed by atoms with E-state index in [9.17, 15) is 0 Å². The summed E-state index contributed by atoms with van der Waals surface area (Å²) in [4.78, 5) is 12.7. The van der Waals surface area contributed by atoms with Crippen LogP contribution < -0.4 is 4.74 Å². The molecule has 0 radical (unpaired) electrons. The molecule has 0 aliphatic rings. The zero-order valence-corrected chi connectivity index (χ0v) is 10.4. The van der Waals surface area contributed by atoms with Crippen molar-refractivity contribution in [2.24, 2.45) is 0 Å². The van der Waals surface area contributed by atoms with Gasteiger partial charge in [-0.1, -0.05) is 11.3 Å². The molecule has 0 saturated heterocycles. The molecule has 4 heterocycles. The second kappa shape index (κ2) is 4.03. The molecule has 0 N–H and O–H groups in total. The van der Waals surface area contributed by atoms with E-state index < -0.39 is 0 Å². The highest BCUT2D eigenvalue weighted by atomic mass is 32.1. The number of hydrogen-bond acceptors (Lipinski definition) is 6. The predicted octanol–water partition coefficient (Wildman–Crippen LogP) is 3.62. The maximum absolute atomic E-state index is 5.69. The van der Waals surface area contributed by atoms with Gasteiger partial charge in [0.1, 0.15) is 5.52 Å². The van der Waals surface area contributed by atoms with Gasteiger partial charge in [-0.25, -0.2) is 9.97 Å². The van der Waals surface area contributed by atoms with Gasteiger partial charge < -0.3 is 9.15 Å². The van der Waals surface area contributed by atoms with E-state index in [-0.39, 0.29) is 0 Å². The number of hydrogen-bond donors (Lipinski definition) is 0. The molecule has 4 aromatic rings. The molecule has 0 fully saturated rings. The summed E-state index contributed by atoms with van der Waals surface area (Å²) in [6.45, 7) is 0. The van der Waals surface area contributed by atoms with Crippen molar-refractivity contribution in [3.05, 3.63) is 42.9 Å². The number of fused-ring (bicyclic) bond motifs is 2. The standard InChI is InChI=1S/C13H7N3O2S/c1-2-11-12(14-4-1)16-13(19-11)18-8-6-10-9(15-7-8)3-5-17-10/h1-7H. The molecular weight excluding hydrogens is 262 g/mol. The lowest BCUT2D eigenvalue weighted by Gasteiger charge is -1.99. The summed E-state index contributed by atoms with van der Waals surface area (Å²) in [7, 11) is 0. The molecule has 0 saturated carbocycles. The highest BCUT2D eigenvalue weighted by Gasteiger charge is 2.08. The molecule has 0 aliphatic carbocycles. The van der Waals surface area contributed by atoms with E-state index in [0.717, 1.165) is 10.2 Å². The van der Waals surface area contributed by atoms with Crippen LogP contribution in [0.2, 0.25) is 0 Å². The van der Waals surface area contributed by atoms with Gasteiger partial charge in [-0.3, -0.25) is 0 Å². The summed E-state index contributed by atoms with van der Waals surface area (Å²) < 4.78 is 12.0. The average Bonchev–Trinajstić information content (AvgIpc) is 3.03. The van der Waals surface area contributed by atoms with Crippen LogP contribution in [0.5, 0.6) is 10.9 Å². The van der Waals surface area contributed by atoms with E-state index in [1.807, 2.05) is 12.1 Å². The molecule has 4 rings (SSSR count). The zero-order chi connectivity index (χ0) is 12.7. The summed E-state index contributed by atoms with van der Waals surface area (Å²) >= 11 is 1.45. The van der Waals surface area contributed by atoms with E-state index in [1.165, 1.54) is 11.3 Å². The molecule has 92 valence electrons. The van der Waals surface area contributed by atoms with Crippen molar-refractivity contribution >= 4 is 32.8 Å². The largest absolute Gasteiger partial charge is 0.463 e. The van der Waals surface area contributed by atoms with Crippen LogP contribution in [0, 0.1) is 0 Å². The Morgan fingerprint density at radius 3 is 3.16 bits per heavy atom. The van der Waals surface area contributed by atoms with Gasteiger partial charge in [0.15, 0.2) is 17.0 Å². The van der Waals surface area contributed by atoms with E-state index >= 15 is 0 Å². The van der Waals surface area contributed by atoms with Crippen molar-refractivity contribution < 1.29 is 9.15 Å². The Morgan fingerprint density at radius 1 is 1.21 bits per heavy atom. The van der Waals surface area contributed by atoms with Crippen LogP contribution in [0.25, 0.3) is 21.4 Å². The number of aromatic nitrogens is 3. The summed E-state index contributed by atoms with van der Waals surface area (Å²) in [5, 5.41) is 0.543. The highest BCUT2D eigenvalue weighted by molar-refractivity contribution is 7.20. The smallest absolute Gasteiger partial charge is 0.281 e. The Labute approximate surface area is 111 Å². The molecule has 6 heteroatoms. The lowest BCUT2D eigenvalue weighted by molar-refractivity contribution is 0.477. The lowest BCUT2D eigenvalue weighted by Crippen LogP contribution is -1.84. The highest BCUT2D eigenvalue weighted by Crippen LogP contribution is 2.30. The molecular formula is C13H7N3O2S. The second-order valence-corrected chi connectivity index (χ2v) is 4.88. The number of pyridine rings is 2. The van der Waals surface area contributed by atoms with Crippen molar-refractivity contribution in [1.29, 1.82) is 0 Å². The topological polar surface area (TPSA) is 61.0 Å². The Bertz CT molecular complexity index is 835. The second-order valence-electron chi connectivity index (χ2n) is 3.88. The molecule has 5 nitrogen and oxygen atoms in total. The fraction of sp³-hybridized carbons (Fsp3) is 0. The van der Waals surface area contributed by atoms with Crippen LogP contribution in [0.4, 0.5) is 0 Å². The molecule has 0 atom stereocenters. The Morgan fingerprint density at radius 2 is 2.21 bits per heavy atom. The number of thiazole rings is 1. The Hall–Kier alpha value is -2.47. The number of rotatable bonds is 2. The number of ether oxygens (including phenoxy) is 1. The minimum absolute atomic E-state index is 0.543. The van der Waals surface area contributed by atoms with Gasteiger partial charge in [0, 0.05) is 18.3 Å². The Kier molecular flexibility index (Phi) is 2.22. The van der Waals surface area contributed by atoms with Crippen molar-refractivity contribution in [2.75, 3.05) is 0 Å². The van der Waals surface area contributed by atoms with Crippen molar-refractivity contribution in [3.63, 3.8) is 0 Å². The molecule has 4 aromatic heterocycles. The Balaban J connectivity index is 1.72. The monoisotopic (exact) mass is 269 g/mol. The molecule has 0 bridgehead atoms. The SMILES string of the molecule is c1cnc2nc(Oc3cnc4ccoc4c3)sc2c1. The first-order valence-corrected chi connectivity index (χ1v) is 6.43. The van der Waals surface area contributed by atoms with Gasteiger partial charge in [0.05, 0.1) is 17.2 Å². The third-order valence-corrected chi connectivity index (χ3v) is 3.52. The van der Waals surface area contributed by atoms with Crippen molar-refractivity contribution in [2.45, 2.75) is 0 Å². The van der Waals surface area contributed by atoms with E-state index in [2.05, 4.69) is 15.0 Å². The third kappa shape index (κ3) is 1.82. The van der Waals surface area contributed by atoms with Crippen molar-refractivity contribution in [1.82, 2.24) is 15.0 Å². The molecule has 0 amide bonds. The first-order chi connectivity index (χ1) is 9.38. The van der Waals surface area contributed by atoms with E-state index in [0.29, 0.717) is 22.2 Å². The van der Waals surface area contributed by atoms with Crippen LogP contribution in [0.15, 0.2) is 47.3 Å². The van der Waals surface area contributed by atoms with Gasteiger partial charge in [-0.2, -0.15) is 4.98 Å². The summed E-state index contributed by atoms with van der Waals surface area (Å²) in [6, 6.07) is 7.43. The van der Waals surface area contributed by atoms with Crippen LogP contribution in [-0.4, -0.2) is 15.0 Å². The average molecular weight is 269 g/mol. The van der Waals surface area contributed by atoms with Gasteiger partial charge in [0.25, 0.3) is 5.19 Å². The minimum atomic E-state index is 0.543. The van der Waals surface area contributed by atoms with Crippen LogP contribution in [0.3, 0.4) is 0 Å². The van der Waals surface area contributed by atoms with Crippen LogP contribution in [-0.2, 0) is 0 Å². The summed E-state index contributed by atoms with van der Waals surface area (Å²) in [6.07, 6.45) is 4.96. The van der Waals surface area contributed by atoms with E-state index in [1.54, 1.807) is 30.8 Å². The van der Waals surface area contributed by atoms with Crippen LogP contribution >= 0.6 is 11.3 Å². The summed E-state index contributed by atoms with van der Waals surface area (Å²) in [5.41, 5.74) is 2.18. The minimum Gasteiger partial charge on any atom is -0.463 e. The van der Waals surface area contributed by atoms with Gasteiger partial charge in [-0.15, -0.1) is 0 Å². The van der Waals surface area contributed by atoms with E-state index in [4.69, 9.17) is 9.15 Å². The third-order valence-electron chi connectivity index (χ3n) is 2.63. The molecule has 0 spiro atoms. The van der Waals surface area contributed by atoms with Crippen LogP contribution in [0.1, 0.15) is 0 Å². The lowest BCUT2D eigenvalue weighted by atomic mass is 10.4. The predicted molar refractivity (Wildman–Crippen MR) is 71.5 cm³/mol. The number of nitrogens with zero attached hydrogens (tertiary/aromatic N) is 3. The molecule has 19 heavy (non-hydrogen) atoms. The quantitative estimate of drug-likeness (QED) is 0.556. The maximum Gasteiger partial charge on any atom is 0.281 e. The van der Waals surface area contributed by atoms with Gasteiger partial charge in [-0.05, 0) is 12.1 Å². The molecule has 0 unspecified atom stereocenters. The fourth-order valence-electron chi connectivity index (χ4n) is 1.78. The maximum atomic E-state index is 5.69. The first-order valence-electron chi connectivity index (χ1n) is 5.61. The summed E-state index contributed by atoms with van der Waals surface area (Å²) in [5.74, 6) is 0.599. The van der Waals surface area contributed by atoms with Crippen molar-refractivity contribution in [3.8, 4) is 10.9 Å². The van der Waals surface area contributed by atoms with Gasteiger partial charge in [0.2, 0.25) is 0 Å². The fourth-order valence-corrected chi connectivity index (χ4v) is 2.57.